The first kappa shape index (κ1) is 15.5. The van der Waals surface area contributed by atoms with E-state index in [0.29, 0.717) is 17.5 Å². The molecule has 0 aliphatic rings. The van der Waals surface area contributed by atoms with Crippen molar-refractivity contribution >= 4 is 16.9 Å². The molecule has 3 nitrogen and oxygen atoms in total. The van der Waals surface area contributed by atoms with Crippen LogP contribution in [0.2, 0.25) is 0 Å². The number of hydrogen-bond acceptors (Lipinski definition) is 3. The van der Waals surface area contributed by atoms with Crippen molar-refractivity contribution in [3.8, 4) is 0 Å². The second-order valence-corrected chi connectivity index (χ2v) is 6.39. The molecule has 2 atom stereocenters. The molecule has 0 aromatic rings. The van der Waals surface area contributed by atoms with Crippen molar-refractivity contribution < 1.29 is 9.53 Å². The SMILES string of the molecule is CCOC(=O)C(N)CC[S+](C)CC=C(C)C. The van der Waals surface area contributed by atoms with E-state index in [4.69, 9.17) is 10.5 Å². The van der Waals surface area contributed by atoms with E-state index in [9.17, 15) is 4.79 Å². The predicted molar refractivity (Wildman–Crippen MR) is 71.7 cm³/mol. The van der Waals surface area contributed by atoms with E-state index >= 15 is 0 Å². The molecule has 0 spiro atoms. The summed E-state index contributed by atoms with van der Waals surface area (Å²) in [5.74, 6) is 1.79. The molecule has 2 N–H and O–H groups in total. The number of nitrogens with two attached hydrogens (primary N) is 1. The molecule has 0 heterocycles. The van der Waals surface area contributed by atoms with Crippen molar-refractivity contribution in [3.63, 3.8) is 0 Å². The van der Waals surface area contributed by atoms with Crippen molar-refractivity contribution in [2.24, 2.45) is 5.73 Å². The van der Waals surface area contributed by atoms with Crippen LogP contribution in [0.15, 0.2) is 11.6 Å². The van der Waals surface area contributed by atoms with Gasteiger partial charge in [-0.15, -0.1) is 0 Å². The fraction of sp³-hybridized carbons (Fsp3) is 0.750. The van der Waals surface area contributed by atoms with E-state index in [-0.39, 0.29) is 5.97 Å². The van der Waals surface area contributed by atoms with Crippen LogP contribution >= 0.6 is 0 Å². The molecule has 0 amide bonds. The van der Waals surface area contributed by atoms with Gasteiger partial charge in [0.15, 0.2) is 0 Å². The van der Waals surface area contributed by atoms with Crippen LogP contribution < -0.4 is 5.73 Å². The molecule has 2 unspecified atom stereocenters. The van der Waals surface area contributed by atoms with Crippen molar-refractivity contribution in [2.45, 2.75) is 33.2 Å². The molecule has 0 aromatic carbocycles. The number of ether oxygens (including phenoxy) is 1. The summed E-state index contributed by atoms with van der Waals surface area (Å²) in [6, 6.07) is -0.457. The predicted octanol–water partition coefficient (Wildman–Crippen LogP) is 1.48. The second-order valence-electron chi connectivity index (χ2n) is 4.08. The van der Waals surface area contributed by atoms with Gasteiger partial charge in [-0.2, -0.15) is 0 Å². The maximum Gasteiger partial charge on any atom is 0.323 e. The Morgan fingerprint density at radius 2 is 2.12 bits per heavy atom. The highest BCUT2D eigenvalue weighted by Gasteiger charge is 2.18. The third kappa shape index (κ3) is 7.77. The van der Waals surface area contributed by atoms with E-state index in [1.165, 1.54) is 5.57 Å². The minimum atomic E-state index is -0.457. The maximum atomic E-state index is 11.3. The Kier molecular flexibility index (Phi) is 8.39. The molecule has 4 heteroatoms. The molecule has 0 aliphatic carbocycles. The average molecular weight is 246 g/mol. The van der Waals surface area contributed by atoms with Crippen LogP contribution in [-0.4, -0.2) is 36.4 Å². The van der Waals surface area contributed by atoms with Gasteiger partial charge in [-0.25, -0.2) is 0 Å². The number of rotatable bonds is 7. The molecule has 0 saturated carbocycles. The lowest BCUT2D eigenvalue weighted by Gasteiger charge is -2.09. The monoisotopic (exact) mass is 246 g/mol. The lowest BCUT2D eigenvalue weighted by atomic mass is 10.2. The first-order valence-corrected chi connectivity index (χ1v) is 7.59. The third-order valence-corrected chi connectivity index (χ3v) is 3.81. The van der Waals surface area contributed by atoms with Crippen LogP contribution in [0.4, 0.5) is 0 Å². The van der Waals surface area contributed by atoms with Crippen LogP contribution in [0.1, 0.15) is 27.2 Å². The molecule has 0 bridgehead atoms. The number of carbonyl (C=O) groups excluding carboxylic acids is 1. The molecule has 0 saturated heterocycles. The number of esters is 1. The van der Waals surface area contributed by atoms with Gasteiger partial charge in [0.1, 0.15) is 17.5 Å². The third-order valence-electron chi connectivity index (χ3n) is 2.14. The highest BCUT2D eigenvalue weighted by atomic mass is 32.2. The number of hydrogen-bond donors (Lipinski definition) is 1. The zero-order valence-electron chi connectivity index (χ0n) is 10.8. The van der Waals surface area contributed by atoms with E-state index < -0.39 is 6.04 Å². The van der Waals surface area contributed by atoms with Crippen molar-refractivity contribution in [2.75, 3.05) is 24.4 Å². The van der Waals surface area contributed by atoms with Crippen LogP contribution in [-0.2, 0) is 20.4 Å². The minimum Gasteiger partial charge on any atom is -0.465 e. The summed E-state index contributed by atoms with van der Waals surface area (Å²) in [6.07, 6.45) is 5.16. The summed E-state index contributed by atoms with van der Waals surface area (Å²) in [5.41, 5.74) is 7.06. The number of carbonyl (C=O) groups is 1. The molecule has 0 radical (unpaired) electrons. The van der Waals surface area contributed by atoms with Crippen LogP contribution in [0.25, 0.3) is 0 Å². The van der Waals surface area contributed by atoms with Crippen LogP contribution in [0, 0.1) is 0 Å². The van der Waals surface area contributed by atoms with Gasteiger partial charge in [0.05, 0.1) is 12.9 Å². The van der Waals surface area contributed by atoms with Crippen LogP contribution in [0.3, 0.4) is 0 Å². The Labute approximate surface area is 102 Å². The first-order valence-electron chi connectivity index (χ1n) is 5.62. The molecular weight excluding hydrogens is 222 g/mol. The first-order chi connectivity index (χ1) is 7.47. The zero-order chi connectivity index (χ0) is 12.6. The average Bonchev–Trinajstić information content (AvgIpc) is 2.23. The Morgan fingerprint density at radius 3 is 2.62 bits per heavy atom. The fourth-order valence-electron chi connectivity index (χ4n) is 1.09. The Morgan fingerprint density at radius 1 is 1.50 bits per heavy atom. The van der Waals surface area contributed by atoms with E-state index in [0.717, 1.165) is 17.9 Å². The molecule has 0 aliphatic heterocycles. The fourth-order valence-corrected chi connectivity index (χ4v) is 2.53. The second kappa shape index (κ2) is 8.65. The van der Waals surface area contributed by atoms with Crippen molar-refractivity contribution in [3.05, 3.63) is 11.6 Å². The topological polar surface area (TPSA) is 52.3 Å². The number of allylic oxidation sites excluding steroid dienone is 1. The van der Waals surface area contributed by atoms with Gasteiger partial charge >= 0.3 is 5.97 Å². The lowest BCUT2D eigenvalue weighted by molar-refractivity contribution is -0.144. The Hall–Kier alpha value is -0.480. The van der Waals surface area contributed by atoms with Crippen LogP contribution in [0.5, 0.6) is 0 Å². The minimum absolute atomic E-state index is 0.276. The summed E-state index contributed by atoms with van der Waals surface area (Å²) < 4.78 is 4.86. The van der Waals surface area contributed by atoms with Crippen molar-refractivity contribution in [1.29, 1.82) is 0 Å². The molecule has 0 fully saturated rings. The Bertz CT molecular complexity index is 237. The van der Waals surface area contributed by atoms with Gasteiger partial charge in [0.25, 0.3) is 0 Å². The van der Waals surface area contributed by atoms with Gasteiger partial charge in [0, 0.05) is 6.42 Å². The summed E-state index contributed by atoms with van der Waals surface area (Å²) in [5, 5.41) is 0. The van der Waals surface area contributed by atoms with Gasteiger partial charge in [-0.3, -0.25) is 4.79 Å². The smallest absolute Gasteiger partial charge is 0.323 e. The van der Waals surface area contributed by atoms with E-state index in [1.807, 2.05) is 0 Å². The highest BCUT2D eigenvalue weighted by molar-refractivity contribution is 7.96. The van der Waals surface area contributed by atoms with Gasteiger partial charge in [0.2, 0.25) is 0 Å². The Balaban J connectivity index is 3.78. The summed E-state index contributed by atoms with van der Waals surface area (Å²) >= 11 is 0. The quantitative estimate of drug-likeness (QED) is 0.420. The van der Waals surface area contributed by atoms with E-state index in [2.05, 4.69) is 26.2 Å². The summed E-state index contributed by atoms with van der Waals surface area (Å²) in [6.45, 7) is 6.40. The van der Waals surface area contributed by atoms with Gasteiger partial charge < -0.3 is 10.5 Å². The summed E-state index contributed by atoms with van der Waals surface area (Å²) in [7, 11) is 0.304. The standard InChI is InChI=1S/C12H24NO2S/c1-5-15-12(14)11(13)7-9-16(4)8-6-10(2)3/h6,11H,5,7-9,13H2,1-4H3/q+1. The van der Waals surface area contributed by atoms with Crippen molar-refractivity contribution in [1.82, 2.24) is 0 Å². The molecule has 0 aromatic heterocycles. The normalized spacial score (nSPS) is 14.1. The molecule has 94 valence electrons. The summed E-state index contributed by atoms with van der Waals surface area (Å²) in [4.78, 5) is 11.3. The van der Waals surface area contributed by atoms with Gasteiger partial charge in [-0.05, 0) is 37.7 Å². The van der Waals surface area contributed by atoms with Gasteiger partial charge in [-0.1, -0.05) is 5.57 Å². The molecule has 16 heavy (non-hydrogen) atoms. The zero-order valence-corrected chi connectivity index (χ0v) is 11.6. The van der Waals surface area contributed by atoms with E-state index in [1.54, 1.807) is 6.92 Å². The molecular formula is C12H24NO2S+. The highest BCUT2D eigenvalue weighted by Crippen LogP contribution is 2.02. The molecule has 0 rings (SSSR count). The lowest BCUT2D eigenvalue weighted by Crippen LogP contribution is -2.34. The largest absolute Gasteiger partial charge is 0.465 e. The maximum absolute atomic E-state index is 11.3.